The summed E-state index contributed by atoms with van der Waals surface area (Å²) in [5.41, 5.74) is 3.17. The summed E-state index contributed by atoms with van der Waals surface area (Å²) in [5, 5.41) is 16.6. The minimum absolute atomic E-state index is 0.470. The average molecular weight is 381 g/mol. The Hall–Kier alpha value is -2.58. The summed E-state index contributed by atoms with van der Waals surface area (Å²) in [5.74, 6) is 0.568. The van der Waals surface area contributed by atoms with E-state index < -0.39 is 0 Å². The Morgan fingerprint density at radius 3 is 2.81 bits per heavy atom. The van der Waals surface area contributed by atoms with Crippen LogP contribution in [0.25, 0.3) is 15.9 Å². The molecule has 6 nitrogen and oxygen atoms in total. The number of anilines is 2. The maximum atomic E-state index is 5.40. The smallest absolute Gasteiger partial charge is 0.236 e. The highest BCUT2D eigenvalue weighted by molar-refractivity contribution is 7.80. The van der Waals surface area contributed by atoms with E-state index >= 15 is 0 Å². The van der Waals surface area contributed by atoms with E-state index in [1.807, 2.05) is 34.7 Å². The molecular formula is C18H16N6S2. The number of benzene rings is 1. The highest BCUT2D eigenvalue weighted by Gasteiger charge is 2.21. The van der Waals surface area contributed by atoms with Crippen molar-refractivity contribution in [2.45, 2.75) is 25.7 Å². The van der Waals surface area contributed by atoms with Gasteiger partial charge < -0.3 is 10.6 Å². The number of aromatic nitrogens is 4. The number of thiophene rings is 1. The zero-order chi connectivity index (χ0) is 17.5. The molecule has 4 aromatic rings. The third-order valence-electron chi connectivity index (χ3n) is 4.62. The first kappa shape index (κ1) is 15.7. The van der Waals surface area contributed by atoms with Crippen molar-refractivity contribution in [3.8, 4) is 0 Å². The van der Waals surface area contributed by atoms with Gasteiger partial charge in [-0.1, -0.05) is 18.2 Å². The van der Waals surface area contributed by atoms with Crippen LogP contribution in [0.1, 0.15) is 23.3 Å². The number of thiocarbonyl (C=S) groups is 1. The zero-order valence-corrected chi connectivity index (χ0v) is 15.5. The number of rotatable bonds is 2. The molecule has 3 aromatic heterocycles. The van der Waals surface area contributed by atoms with Gasteiger partial charge in [-0.15, -0.1) is 21.5 Å². The van der Waals surface area contributed by atoms with E-state index in [0.29, 0.717) is 11.1 Å². The van der Waals surface area contributed by atoms with Crippen LogP contribution in [0.2, 0.25) is 0 Å². The number of fused-ring (bicyclic) bond motifs is 5. The van der Waals surface area contributed by atoms with Crippen LogP contribution in [-0.4, -0.2) is 24.7 Å². The maximum Gasteiger partial charge on any atom is 0.236 e. The fourth-order valence-electron chi connectivity index (χ4n) is 3.42. The van der Waals surface area contributed by atoms with Crippen LogP contribution in [0.5, 0.6) is 0 Å². The Balaban J connectivity index is 1.50. The molecule has 26 heavy (non-hydrogen) atoms. The molecule has 0 saturated heterocycles. The second kappa shape index (κ2) is 6.30. The lowest BCUT2D eigenvalue weighted by Crippen LogP contribution is -2.20. The third-order valence-corrected chi connectivity index (χ3v) is 6.02. The first-order chi connectivity index (χ1) is 12.8. The SMILES string of the molecule is S=C(Nc1ccccc1)Nc1nnc2c3c4c(sc3ncn12)CCCC4. The predicted octanol–water partition coefficient (Wildman–Crippen LogP) is 4.03. The van der Waals surface area contributed by atoms with Gasteiger partial charge in [0, 0.05) is 10.6 Å². The molecule has 0 aliphatic heterocycles. The van der Waals surface area contributed by atoms with Gasteiger partial charge in [0.25, 0.3) is 0 Å². The van der Waals surface area contributed by atoms with Crippen LogP contribution in [0.3, 0.4) is 0 Å². The van der Waals surface area contributed by atoms with E-state index in [9.17, 15) is 0 Å². The van der Waals surface area contributed by atoms with E-state index in [1.165, 1.54) is 23.3 Å². The van der Waals surface area contributed by atoms with E-state index in [-0.39, 0.29) is 0 Å². The molecule has 0 unspecified atom stereocenters. The second-order valence-corrected chi connectivity index (χ2v) is 7.79. The fraction of sp³-hybridized carbons (Fsp3) is 0.222. The Labute approximate surface area is 159 Å². The van der Waals surface area contributed by atoms with Crippen molar-refractivity contribution in [1.82, 2.24) is 19.6 Å². The van der Waals surface area contributed by atoms with Gasteiger partial charge >= 0.3 is 0 Å². The van der Waals surface area contributed by atoms with Crippen LogP contribution >= 0.6 is 23.6 Å². The third kappa shape index (κ3) is 2.62. The van der Waals surface area contributed by atoms with Crippen LogP contribution in [0, 0.1) is 0 Å². The van der Waals surface area contributed by atoms with E-state index in [4.69, 9.17) is 12.2 Å². The molecular weight excluding hydrogens is 364 g/mol. The predicted molar refractivity (Wildman–Crippen MR) is 109 cm³/mol. The summed E-state index contributed by atoms with van der Waals surface area (Å²) in [6.45, 7) is 0. The first-order valence-electron chi connectivity index (χ1n) is 8.56. The molecule has 0 radical (unpaired) electrons. The molecule has 0 spiro atoms. The van der Waals surface area contributed by atoms with Gasteiger partial charge in [0.15, 0.2) is 10.8 Å². The molecule has 0 amide bonds. The van der Waals surface area contributed by atoms with Gasteiger partial charge in [-0.05, 0) is 55.6 Å². The Bertz CT molecular complexity index is 1120. The molecule has 130 valence electrons. The highest BCUT2D eigenvalue weighted by Crippen LogP contribution is 2.37. The first-order valence-corrected chi connectivity index (χ1v) is 9.79. The molecule has 0 atom stereocenters. The van der Waals surface area contributed by atoms with Crippen LogP contribution in [0.4, 0.5) is 11.6 Å². The minimum atomic E-state index is 0.470. The lowest BCUT2D eigenvalue weighted by Gasteiger charge is -2.10. The lowest BCUT2D eigenvalue weighted by atomic mass is 9.97. The van der Waals surface area contributed by atoms with Gasteiger partial charge in [-0.25, -0.2) is 4.98 Å². The molecule has 5 rings (SSSR count). The number of nitrogens with zero attached hydrogens (tertiary/aromatic N) is 4. The summed E-state index contributed by atoms with van der Waals surface area (Å²) < 4.78 is 1.88. The van der Waals surface area contributed by atoms with Gasteiger partial charge in [0.05, 0.1) is 5.39 Å². The molecule has 0 fully saturated rings. The molecule has 8 heteroatoms. The number of para-hydroxylation sites is 1. The van der Waals surface area contributed by atoms with Crippen molar-refractivity contribution in [2.24, 2.45) is 0 Å². The van der Waals surface area contributed by atoms with E-state index in [0.717, 1.165) is 34.4 Å². The fourth-order valence-corrected chi connectivity index (χ4v) is 4.86. The average Bonchev–Trinajstić information content (AvgIpc) is 3.23. The van der Waals surface area contributed by atoms with Crippen molar-refractivity contribution in [3.63, 3.8) is 0 Å². The summed E-state index contributed by atoms with van der Waals surface area (Å²) in [4.78, 5) is 7.14. The number of hydrogen-bond acceptors (Lipinski definition) is 5. The van der Waals surface area contributed by atoms with Crippen LogP contribution in [-0.2, 0) is 12.8 Å². The van der Waals surface area contributed by atoms with E-state index in [1.54, 1.807) is 17.7 Å². The van der Waals surface area contributed by atoms with Crippen molar-refractivity contribution in [3.05, 3.63) is 47.1 Å². The van der Waals surface area contributed by atoms with Gasteiger partial charge in [0.1, 0.15) is 11.2 Å². The minimum Gasteiger partial charge on any atom is -0.332 e. The topological polar surface area (TPSA) is 67.1 Å². The Morgan fingerprint density at radius 1 is 1.08 bits per heavy atom. The number of nitrogens with one attached hydrogen (secondary N) is 2. The Morgan fingerprint density at radius 2 is 1.92 bits per heavy atom. The van der Waals surface area contributed by atoms with Crippen LogP contribution in [0.15, 0.2) is 36.7 Å². The van der Waals surface area contributed by atoms with E-state index in [2.05, 4.69) is 25.8 Å². The summed E-state index contributed by atoms with van der Waals surface area (Å²) in [7, 11) is 0. The largest absolute Gasteiger partial charge is 0.332 e. The van der Waals surface area contributed by atoms with Crippen molar-refractivity contribution < 1.29 is 0 Å². The standard InChI is InChI=1S/C18H16N6S2/c25-18(20-11-6-2-1-3-7-11)21-17-23-22-15-14-12-8-4-5-9-13(12)26-16(14)19-10-24(15)17/h1-3,6-7,10H,4-5,8-9H2,(H2,20,21,23,25). The van der Waals surface area contributed by atoms with Crippen molar-refractivity contribution >= 4 is 56.2 Å². The monoisotopic (exact) mass is 380 g/mol. The lowest BCUT2D eigenvalue weighted by molar-refractivity contribution is 0.700. The summed E-state index contributed by atoms with van der Waals surface area (Å²) >= 11 is 7.19. The normalized spacial score (nSPS) is 13.7. The molecule has 1 aliphatic carbocycles. The van der Waals surface area contributed by atoms with Gasteiger partial charge in [-0.2, -0.15) is 0 Å². The molecule has 2 N–H and O–H groups in total. The quantitative estimate of drug-likeness (QED) is 0.512. The molecule has 0 saturated carbocycles. The van der Waals surface area contributed by atoms with Crippen LogP contribution < -0.4 is 10.6 Å². The van der Waals surface area contributed by atoms with Crippen molar-refractivity contribution in [2.75, 3.05) is 10.6 Å². The zero-order valence-electron chi connectivity index (χ0n) is 13.9. The highest BCUT2D eigenvalue weighted by atomic mass is 32.1. The Kier molecular flexibility index (Phi) is 3.79. The molecule has 1 aromatic carbocycles. The molecule has 3 heterocycles. The summed E-state index contributed by atoms with van der Waals surface area (Å²) in [6.07, 6.45) is 6.50. The second-order valence-electron chi connectivity index (χ2n) is 6.30. The van der Waals surface area contributed by atoms with Gasteiger partial charge in [-0.3, -0.25) is 4.40 Å². The number of hydrogen-bond donors (Lipinski definition) is 2. The number of aryl methyl sites for hydroxylation is 2. The maximum absolute atomic E-state index is 5.40. The molecule has 0 bridgehead atoms. The van der Waals surface area contributed by atoms with Gasteiger partial charge in [0.2, 0.25) is 5.95 Å². The van der Waals surface area contributed by atoms with Crippen molar-refractivity contribution in [1.29, 1.82) is 0 Å². The molecule has 1 aliphatic rings. The summed E-state index contributed by atoms with van der Waals surface area (Å²) in [6, 6.07) is 9.79.